The van der Waals surface area contributed by atoms with Crippen molar-refractivity contribution in [2.75, 3.05) is 0 Å². The number of hydrogen-bond acceptors (Lipinski definition) is 6. The predicted molar refractivity (Wildman–Crippen MR) is 188 cm³/mol. The molecule has 0 bridgehead atoms. The molecule has 11 heteroatoms. The minimum Gasteiger partial charge on any atom is -0.487 e. The molecule has 4 aromatic carbocycles. The number of aromatic nitrogens is 1. The molecule has 1 atom stereocenters. The lowest BCUT2D eigenvalue weighted by Crippen LogP contribution is -2.38. The Kier molecular flexibility index (Phi) is 8.16. The number of nitro groups is 1. The number of benzene rings is 4. The van der Waals surface area contributed by atoms with Crippen LogP contribution in [0.4, 0.5) is 10.1 Å². The number of aryl methyl sites for hydroxylation is 1. The first-order valence-electron chi connectivity index (χ1n) is 14.0. The number of non-ortho nitro benzene ring substituents is 1. The Morgan fingerprint density at radius 3 is 2.44 bits per heavy atom. The van der Waals surface area contributed by atoms with Crippen molar-refractivity contribution in [2.45, 2.75) is 25.5 Å². The van der Waals surface area contributed by atoms with Gasteiger partial charge in [0.05, 0.1) is 28.3 Å². The van der Waals surface area contributed by atoms with E-state index in [-0.39, 0.29) is 29.7 Å². The third kappa shape index (κ3) is 5.76. The predicted octanol–water partition coefficient (Wildman–Crippen LogP) is 7.15. The lowest BCUT2D eigenvalue weighted by molar-refractivity contribution is -0.384. The van der Waals surface area contributed by atoms with Gasteiger partial charge in [0.2, 0.25) is 0 Å². The average Bonchev–Trinajstić information content (AvgIpc) is 3.34. The molecular weight excluding hydrogens is 819 g/mol. The summed E-state index contributed by atoms with van der Waals surface area (Å²) in [6.07, 6.45) is 3.49. The van der Waals surface area contributed by atoms with Crippen LogP contribution >= 0.6 is 56.5 Å². The van der Waals surface area contributed by atoms with Gasteiger partial charge in [-0.2, -0.15) is 0 Å². The zero-order valence-electron chi connectivity index (χ0n) is 23.4. The van der Waals surface area contributed by atoms with Crippen LogP contribution in [-0.2, 0) is 13.0 Å². The van der Waals surface area contributed by atoms with Gasteiger partial charge in [-0.15, -0.1) is 0 Å². The molecule has 224 valence electrons. The van der Waals surface area contributed by atoms with Crippen molar-refractivity contribution in [3.05, 3.63) is 161 Å². The highest BCUT2D eigenvalue weighted by molar-refractivity contribution is 14.1. The summed E-state index contributed by atoms with van der Waals surface area (Å²) in [7, 11) is 0. The molecule has 0 saturated carbocycles. The highest BCUT2D eigenvalue weighted by Gasteiger charge is 2.32. The molecular formula is C34H22FI2N3O4S. The number of thiazole rings is 1. The first-order valence-corrected chi connectivity index (χ1v) is 17.0. The minimum absolute atomic E-state index is 0.0338. The summed E-state index contributed by atoms with van der Waals surface area (Å²) in [6, 6.07) is 24.5. The first kappa shape index (κ1) is 30.0. The fourth-order valence-electron chi connectivity index (χ4n) is 5.79. The van der Waals surface area contributed by atoms with Crippen LogP contribution in [0.5, 0.6) is 5.75 Å². The first-order chi connectivity index (χ1) is 21.8. The molecule has 5 aromatic rings. The maximum Gasteiger partial charge on any atom is 0.271 e. The SMILES string of the molecule is O=c1/c(=C/c2cc(I)c(OCc3ccc([N+](=O)[O-])cc3)c(I)c2)sc2n1[C@@H](c1ccc(F)cc1)C1=C(N=2)c2ccccc2CC1. The van der Waals surface area contributed by atoms with Gasteiger partial charge in [-0.25, -0.2) is 9.38 Å². The maximum atomic E-state index is 14.1. The van der Waals surface area contributed by atoms with Crippen molar-refractivity contribution in [3.8, 4) is 5.75 Å². The van der Waals surface area contributed by atoms with E-state index in [2.05, 4.69) is 57.3 Å². The molecule has 0 fully saturated rings. The summed E-state index contributed by atoms with van der Waals surface area (Å²) in [4.78, 5) is 30.2. The molecule has 0 N–H and O–H groups in total. The van der Waals surface area contributed by atoms with E-state index in [0.29, 0.717) is 15.1 Å². The van der Waals surface area contributed by atoms with Gasteiger partial charge in [-0.3, -0.25) is 19.5 Å². The van der Waals surface area contributed by atoms with Gasteiger partial charge in [0.1, 0.15) is 18.2 Å². The number of ether oxygens (including phenoxy) is 1. The summed E-state index contributed by atoms with van der Waals surface area (Å²) in [5, 5.41) is 10.9. The van der Waals surface area contributed by atoms with Gasteiger partial charge in [-0.1, -0.05) is 47.7 Å². The summed E-state index contributed by atoms with van der Waals surface area (Å²) in [6.45, 7) is 0.263. The quantitative estimate of drug-likeness (QED) is 0.103. The Labute approximate surface area is 287 Å². The fourth-order valence-corrected chi connectivity index (χ4v) is 8.92. The van der Waals surface area contributed by atoms with Crippen molar-refractivity contribution in [2.24, 2.45) is 4.99 Å². The van der Waals surface area contributed by atoms with Crippen LogP contribution in [-0.4, -0.2) is 9.49 Å². The topological polar surface area (TPSA) is 86.7 Å². The van der Waals surface area contributed by atoms with Crippen LogP contribution in [0.2, 0.25) is 0 Å². The van der Waals surface area contributed by atoms with E-state index in [1.54, 1.807) is 28.8 Å². The minimum atomic E-state index is -0.428. The van der Waals surface area contributed by atoms with Crippen LogP contribution in [0.3, 0.4) is 0 Å². The zero-order chi connectivity index (χ0) is 31.2. The molecule has 1 aliphatic heterocycles. The van der Waals surface area contributed by atoms with E-state index >= 15 is 0 Å². The van der Waals surface area contributed by atoms with Crippen LogP contribution in [0.25, 0.3) is 11.8 Å². The van der Waals surface area contributed by atoms with Gasteiger partial charge in [-0.05, 0) is 128 Å². The number of hydrogen-bond donors (Lipinski definition) is 0. The van der Waals surface area contributed by atoms with E-state index in [1.807, 2.05) is 30.3 Å². The van der Waals surface area contributed by atoms with Crippen LogP contribution in [0.15, 0.2) is 100 Å². The van der Waals surface area contributed by atoms with E-state index in [4.69, 9.17) is 9.73 Å². The van der Waals surface area contributed by atoms with E-state index < -0.39 is 4.92 Å². The summed E-state index contributed by atoms with van der Waals surface area (Å²) < 4.78 is 24.1. The molecule has 1 aliphatic carbocycles. The number of fused-ring (bicyclic) bond motifs is 3. The second-order valence-electron chi connectivity index (χ2n) is 10.7. The molecule has 1 aromatic heterocycles. The Bertz CT molecular complexity index is 2190. The van der Waals surface area contributed by atoms with Crippen LogP contribution in [0, 0.1) is 23.1 Å². The zero-order valence-corrected chi connectivity index (χ0v) is 28.5. The maximum absolute atomic E-state index is 14.1. The molecule has 2 heterocycles. The molecule has 0 amide bonds. The highest BCUT2D eigenvalue weighted by atomic mass is 127. The van der Waals surface area contributed by atoms with Crippen LogP contribution < -0.4 is 19.6 Å². The Morgan fingerprint density at radius 2 is 1.73 bits per heavy atom. The Morgan fingerprint density at radius 1 is 1.02 bits per heavy atom. The molecule has 0 unspecified atom stereocenters. The summed E-state index contributed by atoms with van der Waals surface area (Å²) >= 11 is 5.79. The Hall–Kier alpha value is -3.69. The third-order valence-electron chi connectivity index (χ3n) is 7.91. The van der Waals surface area contributed by atoms with Crippen molar-refractivity contribution in [1.29, 1.82) is 0 Å². The molecule has 7 rings (SSSR count). The third-order valence-corrected chi connectivity index (χ3v) is 10.5. The highest BCUT2D eigenvalue weighted by Crippen LogP contribution is 2.41. The second kappa shape index (κ2) is 12.2. The van der Waals surface area contributed by atoms with Crippen molar-refractivity contribution in [3.63, 3.8) is 0 Å². The fraction of sp³-hybridized carbons (Fsp3) is 0.118. The number of halogens is 3. The normalized spacial score (nSPS) is 15.6. The van der Waals surface area contributed by atoms with Crippen LogP contribution in [0.1, 0.15) is 40.3 Å². The van der Waals surface area contributed by atoms with Gasteiger partial charge in [0.25, 0.3) is 11.2 Å². The molecule has 0 spiro atoms. The van der Waals surface area contributed by atoms with Crippen molar-refractivity contribution < 1.29 is 14.1 Å². The number of nitrogens with zero attached hydrogens (tertiary/aromatic N) is 3. The van der Waals surface area contributed by atoms with E-state index in [9.17, 15) is 19.3 Å². The molecule has 0 radical (unpaired) electrons. The lowest BCUT2D eigenvalue weighted by atomic mass is 9.83. The Balaban J connectivity index is 1.27. The standard InChI is InChI=1S/C34H22FI2N3O4S/c35-23-10-7-22(8-11-23)31-26-14-9-21-3-1-2-4-25(21)30(26)38-34-39(31)33(41)29(45-34)17-20-15-27(36)32(28(37)16-20)44-18-19-5-12-24(13-6-19)40(42)43/h1-8,10-13,15-17,31H,9,14,18H2/b29-17-/t31-/m0/s1. The summed E-state index contributed by atoms with van der Waals surface area (Å²) in [5.41, 5.74) is 6.70. The van der Waals surface area contributed by atoms with E-state index in [1.165, 1.54) is 41.2 Å². The van der Waals surface area contributed by atoms with Gasteiger partial charge in [0.15, 0.2) is 4.80 Å². The largest absolute Gasteiger partial charge is 0.487 e. The van der Waals surface area contributed by atoms with E-state index in [0.717, 1.165) is 53.5 Å². The number of allylic oxidation sites excluding steroid dienone is 1. The monoisotopic (exact) mass is 841 g/mol. The number of nitro benzene ring substituents is 1. The molecule has 0 saturated heterocycles. The smallest absolute Gasteiger partial charge is 0.271 e. The molecule has 45 heavy (non-hydrogen) atoms. The van der Waals surface area contributed by atoms with Gasteiger partial charge < -0.3 is 4.74 Å². The second-order valence-corrected chi connectivity index (χ2v) is 14.0. The molecule has 2 aliphatic rings. The lowest BCUT2D eigenvalue weighted by Gasteiger charge is -2.30. The van der Waals surface area contributed by atoms with Crippen molar-refractivity contribution in [1.82, 2.24) is 4.57 Å². The number of rotatable bonds is 6. The molecule has 7 nitrogen and oxygen atoms in total. The summed E-state index contributed by atoms with van der Waals surface area (Å²) in [5.74, 6) is 0.384. The van der Waals surface area contributed by atoms with Gasteiger partial charge >= 0.3 is 0 Å². The average molecular weight is 841 g/mol. The van der Waals surface area contributed by atoms with Crippen molar-refractivity contribution >= 4 is 74.0 Å². The van der Waals surface area contributed by atoms with Gasteiger partial charge in [0, 0.05) is 17.7 Å².